The zero-order chi connectivity index (χ0) is 21.6. The van der Waals surface area contributed by atoms with Crippen LogP contribution >= 0.6 is 11.3 Å². The molecule has 0 aromatic carbocycles. The van der Waals surface area contributed by atoms with E-state index in [4.69, 9.17) is 4.52 Å². The second-order valence-corrected chi connectivity index (χ2v) is 9.19. The van der Waals surface area contributed by atoms with Crippen LogP contribution < -0.4 is 5.32 Å². The molecular formula is C21H30N6O3S. The predicted octanol–water partition coefficient (Wildman–Crippen LogP) is 0.945. The summed E-state index contributed by atoms with van der Waals surface area (Å²) in [7, 11) is 0. The summed E-state index contributed by atoms with van der Waals surface area (Å²) in [6, 6.07) is 5.95. The van der Waals surface area contributed by atoms with E-state index < -0.39 is 0 Å². The first-order valence-corrected chi connectivity index (χ1v) is 11.6. The van der Waals surface area contributed by atoms with Gasteiger partial charge in [-0.1, -0.05) is 11.2 Å². The number of thiophene rings is 1. The van der Waals surface area contributed by atoms with Gasteiger partial charge in [0.25, 0.3) is 0 Å². The number of rotatable bonds is 7. The highest BCUT2D eigenvalue weighted by Crippen LogP contribution is 2.14. The van der Waals surface area contributed by atoms with E-state index >= 15 is 0 Å². The molecule has 9 nitrogen and oxygen atoms in total. The number of piperazine rings is 2. The van der Waals surface area contributed by atoms with Crippen molar-refractivity contribution in [1.82, 2.24) is 24.8 Å². The van der Waals surface area contributed by atoms with Gasteiger partial charge in [-0.2, -0.15) is 0 Å². The van der Waals surface area contributed by atoms with Crippen molar-refractivity contribution in [2.45, 2.75) is 13.5 Å². The Morgan fingerprint density at radius 3 is 2.32 bits per heavy atom. The van der Waals surface area contributed by atoms with Gasteiger partial charge in [-0.05, 0) is 18.4 Å². The van der Waals surface area contributed by atoms with E-state index in [1.165, 1.54) is 4.88 Å². The van der Waals surface area contributed by atoms with Crippen LogP contribution in [0, 0.1) is 6.92 Å². The lowest BCUT2D eigenvalue weighted by Crippen LogP contribution is -2.54. The van der Waals surface area contributed by atoms with E-state index in [0.717, 1.165) is 58.9 Å². The summed E-state index contributed by atoms with van der Waals surface area (Å²) in [5.74, 6) is 1.22. The number of anilines is 1. The van der Waals surface area contributed by atoms with Crippen molar-refractivity contribution in [1.29, 1.82) is 0 Å². The highest BCUT2D eigenvalue weighted by molar-refractivity contribution is 7.09. The molecule has 2 amide bonds. The molecule has 0 saturated carbocycles. The Balaban J connectivity index is 1.13. The van der Waals surface area contributed by atoms with E-state index in [0.29, 0.717) is 24.7 Å². The number of nitrogens with zero attached hydrogens (tertiary/aromatic N) is 5. The standard InChI is InChI=1S/C21H30N6O3S/c1-17-13-19(23-30-17)22-20(28)15-25-4-6-26(7-5-25)16-21(29)27-10-8-24(9-11-27)14-18-3-2-12-31-18/h2-3,12-13H,4-11,14-16H2,1H3,(H,22,23,28). The lowest BCUT2D eigenvalue weighted by atomic mass is 10.2. The number of carbonyl (C=O) groups is 2. The third-order valence-corrected chi connectivity index (χ3v) is 6.63. The van der Waals surface area contributed by atoms with Gasteiger partial charge in [0.15, 0.2) is 5.82 Å². The molecule has 0 aliphatic carbocycles. The van der Waals surface area contributed by atoms with Gasteiger partial charge in [0.1, 0.15) is 5.76 Å². The van der Waals surface area contributed by atoms with Crippen LogP contribution in [0.1, 0.15) is 10.6 Å². The van der Waals surface area contributed by atoms with Crippen LogP contribution in [0.25, 0.3) is 0 Å². The average Bonchev–Trinajstić information content (AvgIpc) is 3.41. The normalized spacial score (nSPS) is 18.9. The van der Waals surface area contributed by atoms with Crippen molar-refractivity contribution in [2.75, 3.05) is 70.8 Å². The largest absolute Gasteiger partial charge is 0.360 e. The van der Waals surface area contributed by atoms with Crippen LogP contribution in [-0.4, -0.2) is 102 Å². The second-order valence-electron chi connectivity index (χ2n) is 8.16. The molecule has 0 radical (unpaired) electrons. The third-order valence-electron chi connectivity index (χ3n) is 5.77. The van der Waals surface area contributed by atoms with Gasteiger partial charge in [-0.3, -0.25) is 24.3 Å². The summed E-state index contributed by atoms with van der Waals surface area (Å²) in [5.41, 5.74) is 0. The number of nitrogens with one attached hydrogen (secondary N) is 1. The van der Waals surface area contributed by atoms with Crippen LogP contribution in [-0.2, 0) is 16.1 Å². The van der Waals surface area contributed by atoms with Gasteiger partial charge < -0.3 is 14.7 Å². The molecule has 31 heavy (non-hydrogen) atoms. The Labute approximate surface area is 186 Å². The summed E-state index contributed by atoms with van der Waals surface area (Å²) >= 11 is 1.79. The van der Waals surface area contributed by atoms with Crippen molar-refractivity contribution in [3.05, 3.63) is 34.2 Å². The Hall–Kier alpha value is -2.27. The molecule has 1 N–H and O–H groups in total. The van der Waals surface area contributed by atoms with Gasteiger partial charge >= 0.3 is 0 Å². The van der Waals surface area contributed by atoms with Gasteiger partial charge in [-0.25, -0.2) is 0 Å². The van der Waals surface area contributed by atoms with Crippen molar-refractivity contribution < 1.29 is 14.1 Å². The maximum Gasteiger partial charge on any atom is 0.239 e. The molecule has 0 unspecified atom stereocenters. The fraction of sp³-hybridized carbons (Fsp3) is 0.571. The average molecular weight is 447 g/mol. The molecule has 4 heterocycles. The van der Waals surface area contributed by atoms with E-state index in [1.807, 2.05) is 4.90 Å². The molecule has 10 heteroatoms. The summed E-state index contributed by atoms with van der Waals surface area (Å²) in [6.07, 6.45) is 0. The number of hydrogen-bond donors (Lipinski definition) is 1. The van der Waals surface area contributed by atoms with E-state index in [2.05, 4.69) is 42.7 Å². The minimum absolute atomic E-state index is 0.0988. The summed E-state index contributed by atoms with van der Waals surface area (Å²) in [6.45, 7) is 10.1. The Bertz CT molecular complexity index is 854. The fourth-order valence-electron chi connectivity index (χ4n) is 3.99. The zero-order valence-corrected chi connectivity index (χ0v) is 18.8. The highest BCUT2D eigenvalue weighted by Gasteiger charge is 2.25. The molecule has 0 atom stereocenters. The second kappa shape index (κ2) is 10.4. The highest BCUT2D eigenvalue weighted by atomic mass is 32.1. The third kappa shape index (κ3) is 6.36. The first kappa shape index (κ1) is 21.9. The zero-order valence-electron chi connectivity index (χ0n) is 18.0. The van der Waals surface area contributed by atoms with Crippen LogP contribution in [0.4, 0.5) is 5.82 Å². The molecular weight excluding hydrogens is 416 g/mol. The molecule has 4 rings (SSSR count). The lowest BCUT2D eigenvalue weighted by molar-refractivity contribution is -0.135. The quantitative estimate of drug-likeness (QED) is 0.678. The summed E-state index contributed by atoms with van der Waals surface area (Å²) in [4.78, 5) is 35.0. The monoisotopic (exact) mass is 446 g/mol. The van der Waals surface area contributed by atoms with Crippen molar-refractivity contribution in [3.8, 4) is 0 Å². The molecule has 2 aromatic rings. The molecule has 2 fully saturated rings. The smallest absolute Gasteiger partial charge is 0.239 e. The first-order chi connectivity index (χ1) is 15.0. The van der Waals surface area contributed by atoms with Gasteiger partial charge in [0.2, 0.25) is 11.8 Å². The molecule has 0 bridgehead atoms. The van der Waals surface area contributed by atoms with Gasteiger partial charge in [-0.15, -0.1) is 11.3 Å². The number of aromatic nitrogens is 1. The Morgan fingerprint density at radius 1 is 1.03 bits per heavy atom. The van der Waals surface area contributed by atoms with Crippen LogP contribution in [0.3, 0.4) is 0 Å². The lowest BCUT2D eigenvalue weighted by Gasteiger charge is -2.37. The topological polar surface area (TPSA) is 85.2 Å². The van der Waals surface area contributed by atoms with E-state index in [9.17, 15) is 9.59 Å². The number of hydrogen-bond acceptors (Lipinski definition) is 8. The maximum atomic E-state index is 12.7. The van der Waals surface area contributed by atoms with Crippen LogP contribution in [0.2, 0.25) is 0 Å². The minimum Gasteiger partial charge on any atom is -0.360 e. The molecule has 2 saturated heterocycles. The first-order valence-electron chi connectivity index (χ1n) is 10.8. The fourth-order valence-corrected chi connectivity index (χ4v) is 4.73. The number of aryl methyl sites for hydroxylation is 1. The predicted molar refractivity (Wildman–Crippen MR) is 119 cm³/mol. The molecule has 2 aliphatic heterocycles. The van der Waals surface area contributed by atoms with Gasteiger partial charge in [0.05, 0.1) is 13.1 Å². The number of amides is 2. The van der Waals surface area contributed by atoms with Crippen molar-refractivity contribution >= 4 is 29.0 Å². The van der Waals surface area contributed by atoms with Crippen LogP contribution in [0.5, 0.6) is 0 Å². The maximum absolute atomic E-state index is 12.7. The molecule has 2 aliphatic rings. The summed E-state index contributed by atoms with van der Waals surface area (Å²) in [5, 5.41) is 8.64. The Kier molecular flexibility index (Phi) is 7.33. The van der Waals surface area contributed by atoms with Gasteiger partial charge in [0, 0.05) is 69.8 Å². The van der Waals surface area contributed by atoms with E-state index in [-0.39, 0.29) is 11.8 Å². The number of carbonyl (C=O) groups excluding carboxylic acids is 2. The minimum atomic E-state index is -0.0988. The molecule has 2 aromatic heterocycles. The Morgan fingerprint density at radius 2 is 1.71 bits per heavy atom. The SMILES string of the molecule is Cc1cc(NC(=O)CN2CCN(CC(=O)N3CCN(Cc4cccs4)CC3)CC2)no1. The van der Waals surface area contributed by atoms with Crippen LogP contribution in [0.15, 0.2) is 28.1 Å². The molecule has 0 spiro atoms. The van der Waals surface area contributed by atoms with E-state index in [1.54, 1.807) is 24.3 Å². The van der Waals surface area contributed by atoms with Crippen molar-refractivity contribution in [2.24, 2.45) is 0 Å². The molecule has 168 valence electrons. The van der Waals surface area contributed by atoms with Crippen molar-refractivity contribution in [3.63, 3.8) is 0 Å². The summed E-state index contributed by atoms with van der Waals surface area (Å²) < 4.78 is 4.96.